The second kappa shape index (κ2) is 6.07. The quantitative estimate of drug-likeness (QED) is 0.930. The number of nitrogens with one attached hydrogen (secondary N) is 1. The second-order valence-corrected chi connectivity index (χ2v) is 8.43. The molecule has 5 heteroatoms. The van der Waals surface area contributed by atoms with Crippen LogP contribution in [0, 0.1) is 0 Å². The molecule has 3 rings (SSSR count). The normalized spacial score (nSPS) is 27.0. The summed E-state index contributed by atoms with van der Waals surface area (Å²) in [5.41, 5.74) is 6.04. The molecule has 1 N–H and O–H groups in total. The van der Waals surface area contributed by atoms with Gasteiger partial charge in [0.05, 0.1) is 11.5 Å². The monoisotopic (exact) mass is 308 g/mol. The summed E-state index contributed by atoms with van der Waals surface area (Å²) in [5, 5.41) is 2.30. The van der Waals surface area contributed by atoms with Crippen LogP contribution in [0.2, 0.25) is 0 Å². The highest BCUT2D eigenvalue weighted by Crippen LogP contribution is 2.38. The molecule has 0 aliphatic carbocycles. The van der Waals surface area contributed by atoms with E-state index < -0.39 is 9.84 Å². The van der Waals surface area contributed by atoms with Crippen molar-refractivity contribution in [2.75, 3.05) is 25.1 Å². The van der Waals surface area contributed by atoms with Gasteiger partial charge in [0, 0.05) is 12.6 Å². The van der Waals surface area contributed by atoms with Crippen molar-refractivity contribution in [2.45, 2.75) is 37.6 Å². The van der Waals surface area contributed by atoms with Gasteiger partial charge in [-0.05, 0) is 49.8 Å². The zero-order valence-electron chi connectivity index (χ0n) is 12.6. The molecule has 0 radical (unpaired) electrons. The zero-order valence-corrected chi connectivity index (χ0v) is 13.4. The molecular formula is C16H24N2O2S. The van der Waals surface area contributed by atoms with Crippen molar-refractivity contribution in [3.05, 3.63) is 35.4 Å². The lowest BCUT2D eigenvalue weighted by Crippen LogP contribution is -2.35. The highest BCUT2D eigenvalue weighted by Gasteiger charge is 2.31. The van der Waals surface area contributed by atoms with Gasteiger partial charge in [0.25, 0.3) is 0 Å². The summed E-state index contributed by atoms with van der Waals surface area (Å²) < 4.78 is 23.3. The van der Waals surface area contributed by atoms with Crippen molar-refractivity contribution in [1.82, 2.24) is 10.4 Å². The first-order chi connectivity index (χ1) is 10.1. The fourth-order valence-corrected chi connectivity index (χ4v) is 5.24. The van der Waals surface area contributed by atoms with Crippen LogP contribution >= 0.6 is 0 Å². The first-order valence-electron chi connectivity index (χ1n) is 7.84. The Labute approximate surface area is 127 Å². The molecule has 2 aliphatic heterocycles. The number of hydrogen-bond donors (Lipinski definition) is 1. The van der Waals surface area contributed by atoms with Crippen LogP contribution in [0.15, 0.2) is 24.3 Å². The van der Waals surface area contributed by atoms with Crippen LogP contribution in [-0.2, 0) is 9.84 Å². The summed E-state index contributed by atoms with van der Waals surface area (Å²) >= 11 is 0. The van der Waals surface area contributed by atoms with Gasteiger partial charge in [0.1, 0.15) is 9.84 Å². The lowest BCUT2D eigenvalue weighted by Gasteiger charge is -2.30. The topological polar surface area (TPSA) is 49.4 Å². The number of rotatable bonds is 3. The van der Waals surface area contributed by atoms with Crippen molar-refractivity contribution in [3.8, 4) is 0 Å². The molecule has 1 atom stereocenters. The third-order valence-electron chi connectivity index (χ3n) is 4.89. The molecule has 1 aromatic carbocycles. The van der Waals surface area contributed by atoms with E-state index in [0.717, 1.165) is 19.4 Å². The molecule has 0 spiro atoms. The Kier molecular flexibility index (Phi) is 4.33. The Morgan fingerprint density at radius 1 is 1.10 bits per heavy atom. The van der Waals surface area contributed by atoms with Crippen LogP contribution in [0.3, 0.4) is 0 Å². The highest BCUT2D eigenvalue weighted by molar-refractivity contribution is 7.91. The molecule has 0 unspecified atom stereocenters. The van der Waals surface area contributed by atoms with Crippen LogP contribution in [0.25, 0.3) is 0 Å². The molecule has 2 aliphatic rings. The molecule has 4 nitrogen and oxygen atoms in total. The van der Waals surface area contributed by atoms with Crippen molar-refractivity contribution in [1.29, 1.82) is 0 Å². The average Bonchev–Trinajstić information content (AvgIpc) is 2.96. The minimum atomic E-state index is -2.79. The SMILES string of the molecule is CNN1CCC[C@@H]1c1ccccc1C1CCS(=O)(=O)CC1. The van der Waals surface area contributed by atoms with E-state index in [-0.39, 0.29) is 0 Å². The molecule has 21 heavy (non-hydrogen) atoms. The van der Waals surface area contributed by atoms with Crippen LogP contribution in [0.5, 0.6) is 0 Å². The summed E-state index contributed by atoms with van der Waals surface area (Å²) in [6, 6.07) is 9.03. The predicted octanol–water partition coefficient (Wildman–Crippen LogP) is 2.25. The average molecular weight is 308 g/mol. The maximum atomic E-state index is 11.6. The van der Waals surface area contributed by atoms with Gasteiger partial charge in [-0.3, -0.25) is 5.43 Å². The van der Waals surface area contributed by atoms with E-state index in [1.807, 2.05) is 7.05 Å². The van der Waals surface area contributed by atoms with Crippen LogP contribution in [-0.4, -0.2) is 38.5 Å². The first kappa shape index (κ1) is 15.0. The van der Waals surface area contributed by atoms with Crippen molar-refractivity contribution in [3.63, 3.8) is 0 Å². The van der Waals surface area contributed by atoms with E-state index in [4.69, 9.17) is 0 Å². The third-order valence-corrected chi connectivity index (χ3v) is 6.60. The van der Waals surface area contributed by atoms with Crippen molar-refractivity contribution >= 4 is 9.84 Å². The molecule has 116 valence electrons. The number of benzene rings is 1. The largest absolute Gasteiger partial charge is 0.258 e. The summed E-state index contributed by atoms with van der Waals surface area (Å²) in [7, 11) is -0.813. The molecule has 0 aromatic heterocycles. The van der Waals surface area contributed by atoms with E-state index in [2.05, 4.69) is 34.7 Å². The zero-order chi connectivity index (χ0) is 14.9. The smallest absolute Gasteiger partial charge is 0.150 e. The van der Waals surface area contributed by atoms with Gasteiger partial charge in [-0.15, -0.1) is 0 Å². The van der Waals surface area contributed by atoms with E-state index >= 15 is 0 Å². The second-order valence-electron chi connectivity index (χ2n) is 6.13. The fourth-order valence-electron chi connectivity index (χ4n) is 3.74. The van der Waals surface area contributed by atoms with Gasteiger partial charge in [0.15, 0.2) is 0 Å². The van der Waals surface area contributed by atoms with Crippen LogP contribution < -0.4 is 5.43 Å². The molecule has 0 amide bonds. The van der Waals surface area contributed by atoms with Gasteiger partial charge in [0.2, 0.25) is 0 Å². The first-order valence-corrected chi connectivity index (χ1v) is 9.66. The Bertz CT molecular complexity index is 586. The summed E-state index contributed by atoms with van der Waals surface area (Å²) in [4.78, 5) is 0. The molecule has 2 saturated heterocycles. The molecule has 2 fully saturated rings. The maximum absolute atomic E-state index is 11.6. The number of hydrazine groups is 1. The standard InChI is InChI=1S/C16H24N2O2S/c1-17-18-10-4-7-16(18)15-6-3-2-5-14(15)13-8-11-21(19,20)12-9-13/h2-3,5-6,13,16-17H,4,7-12H2,1H3/t16-/m1/s1. The van der Waals surface area contributed by atoms with Gasteiger partial charge < -0.3 is 0 Å². The lowest BCUT2D eigenvalue weighted by molar-refractivity contribution is 0.189. The molecule has 2 heterocycles. The molecule has 0 saturated carbocycles. The van der Waals surface area contributed by atoms with Crippen molar-refractivity contribution in [2.24, 2.45) is 0 Å². The van der Waals surface area contributed by atoms with E-state index in [1.54, 1.807) is 0 Å². The van der Waals surface area contributed by atoms with Gasteiger partial charge >= 0.3 is 0 Å². The maximum Gasteiger partial charge on any atom is 0.150 e. The summed E-state index contributed by atoms with van der Waals surface area (Å²) in [6.45, 7) is 1.08. The van der Waals surface area contributed by atoms with E-state index in [1.165, 1.54) is 24.0 Å². The fraction of sp³-hybridized carbons (Fsp3) is 0.625. The predicted molar refractivity (Wildman–Crippen MR) is 84.8 cm³/mol. The molecule has 1 aromatic rings. The number of hydrogen-bond acceptors (Lipinski definition) is 4. The van der Waals surface area contributed by atoms with Gasteiger partial charge in [-0.2, -0.15) is 0 Å². The van der Waals surface area contributed by atoms with Gasteiger partial charge in [-0.1, -0.05) is 24.3 Å². The summed E-state index contributed by atoms with van der Waals surface area (Å²) in [6.07, 6.45) is 3.92. The molecule has 0 bridgehead atoms. The number of sulfone groups is 1. The Hall–Kier alpha value is -0.910. The van der Waals surface area contributed by atoms with E-state index in [0.29, 0.717) is 23.5 Å². The Morgan fingerprint density at radius 2 is 1.76 bits per heavy atom. The third kappa shape index (κ3) is 3.15. The van der Waals surface area contributed by atoms with Crippen molar-refractivity contribution < 1.29 is 8.42 Å². The summed E-state index contributed by atoms with van der Waals surface area (Å²) in [5.74, 6) is 1.07. The minimum Gasteiger partial charge on any atom is -0.258 e. The highest BCUT2D eigenvalue weighted by atomic mass is 32.2. The Balaban J connectivity index is 1.86. The Morgan fingerprint density at radius 3 is 2.43 bits per heavy atom. The minimum absolute atomic E-state index is 0.340. The van der Waals surface area contributed by atoms with Gasteiger partial charge in [-0.25, -0.2) is 13.4 Å². The van der Waals surface area contributed by atoms with Crippen LogP contribution in [0.1, 0.15) is 48.8 Å². The number of nitrogens with zero attached hydrogens (tertiary/aromatic N) is 1. The molecular weight excluding hydrogens is 284 g/mol. The van der Waals surface area contributed by atoms with Crippen LogP contribution in [0.4, 0.5) is 0 Å². The lowest BCUT2D eigenvalue weighted by atomic mass is 9.86. The van der Waals surface area contributed by atoms with E-state index in [9.17, 15) is 8.42 Å².